The molecule has 1 amide bonds. The number of H-pyrrole nitrogens is 1. The molecular weight excluding hydrogens is 428 g/mol. The first-order chi connectivity index (χ1) is 13.3. The summed E-state index contributed by atoms with van der Waals surface area (Å²) in [4.78, 5) is 40.0. The highest BCUT2D eigenvalue weighted by atomic mass is 79.9. The number of anilines is 1. The predicted octanol–water partition coefficient (Wildman–Crippen LogP) is 3.85. The smallest absolute Gasteiger partial charge is 0.355 e. The summed E-state index contributed by atoms with van der Waals surface area (Å²) in [5.74, 6) is -1.48. The molecule has 0 bridgehead atoms. The highest BCUT2D eigenvalue weighted by molar-refractivity contribution is 9.10. The number of rotatable bonds is 4. The van der Waals surface area contributed by atoms with E-state index in [1.54, 1.807) is 26.0 Å². The maximum Gasteiger partial charge on any atom is 0.355 e. The van der Waals surface area contributed by atoms with E-state index >= 15 is 0 Å². The number of methoxy groups -OCH3 is 1. The lowest BCUT2D eigenvalue weighted by Gasteiger charge is -2.06. The van der Waals surface area contributed by atoms with Crippen LogP contribution in [0.25, 0.3) is 11.6 Å². The number of aromatic amines is 1. The third-order valence-electron chi connectivity index (χ3n) is 4.60. The number of carbonyl (C=O) groups is 3. The van der Waals surface area contributed by atoms with Gasteiger partial charge >= 0.3 is 11.9 Å². The first-order valence-electron chi connectivity index (χ1n) is 8.60. The molecule has 2 N–H and O–H groups in total. The van der Waals surface area contributed by atoms with Crippen LogP contribution in [-0.4, -0.2) is 36.5 Å². The first-order valence-corrected chi connectivity index (χ1v) is 9.39. The van der Waals surface area contributed by atoms with Gasteiger partial charge in [-0.1, -0.05) is 15.9 Å². The lowest BCUT2D eigenvalue weighted by atomic mass is 9.99. The molecule has 146 valence electrons. The highest BCUT2D eigenvalue weighted by Gasteiger charge is 2.30. The van der Waals surface area contributed by atoms with Crippen LogP contribution in [0.2, 0.25) is 0 Å². The van der Waals surface area contributed by atoms with Gasteiger partial charge in [0.2, 0.25) is 0 Å². The number of fused-ring (bicyclic) bond motifs is 1. The van der Waals surface area contributed by atoms with E-state index in [0.717, 1.165) is 15.6 Å². The molecule has 3 rings (SSSR count). The second-order valence-corrected chi connectivity index (χ2v) is 7.09. The number of amides is 1. The van der Waals surface area contributed by atoms with Crippen molar-refractivity contribution in [1.82, 2.24) is 4.98 Å². The van der Waals surface area contributed by atoms with Gasteiger partial charge in [0, 0.05) is 15.7 Å². The Morgan fingerprint density at radius 3 is 2.54 bits per heavy atom. The van der Waals surface area contributed by atoms with E-state index in [1.807, 2.05) is 13.0 Å². The third kappa shape index (κ3) is 3.24. The van der Waals surface area contributed by atoms with Crippen LogP contribution < -0.4 is 5.32 Å². The van der Waals surface area contributed by atoms with Gasteiger partial charge in [-0.3, -0.25) is 4.79 Å². The van der Waals surface area contributed by atoms with Crippen molar-refractivity contribution in [3.8, 4) is 0 Å². The number of aromatic nitrogens is 1. The summed E-state index contributed by atoms with van der Waals surface area (Å²) in [6.45, 7) is 5.41. The van der Waals surface area contributed by atoms with Crippen LogP contribution in [0.3, 0.4) is 0 Å². The molecule has 8 heteroatoms. The molecule has 0 aliphatic carbocycles. The fourth-order valence-corrected chi connectivity index (χ4v) is 3.55. The molecule has 0 unspecified atom stereocenters. The maximum absolute atomic E-state index is 12.6. The molecule has 0 spiro atoms. The van der Waals surface area contributed by atoms with Gasteiger partial charge in [0.1, 0.15) is 5.69 Å². The van der Waals surface area contributed by atoms with Crippen molar-refractivity contribution >= 4 is 51.1 Å². The number of benzene rings is 1. The Balaban J connectivity index is 2.21. The number of carbonyl (C=O) groups excluding carboxylic acids is 3. The van der Waals surface area contributed by atoms with Crippen LogP contribution in [0, 0.1) is 13.8 Å². The third-order valence-corrected chi connectivity index (χ3v) is 5.46. The van der Waals surface area contributed by atoms with Crippen molar-refractivity contribution in [2.24, 2.45) is 0 Å². The molecular formula is C20H19BrN2O5. The van der Waals surface area contributed by atoms with Crippen LogP contribution in [-0.2, 0) is 14.3 Å². The summed E-state index contributed by atoms with van der Waals surface area (Å²) < 4.78 is 10.8. The van der Waals surface area contributed by atoms with Gasteiger partial charge < -0.3 is 19.8 Å². The second kappa shape index (κ2) is 7.63. The topological polar surface area (TPSA) is 97.5 Å². The van der Waals surface area contributed by atoms with Crippen LogP contribution in [0.15, 0.2) is 16.6 Å². The summed E-state index contributed by atoms with van der Waals surface area (Å²) in [5.41, 5.74) is 3.74. The lowest BCUT2D eigenvalue weighted by molar-refractivity contribution is -0.110. The van der Waals surface area contributed by atoms with Crippen LogP contribution in [0.5, 0.6) is 0 Å². The Labute approximate surface area is 170 Å². The number of esters is 2. The molecule has 1 aliphatic rings. The standard InChI is InChI=1S/C20H19BrN2O5/c1-5-28-20(26)17-10(3)16(19(25)27-4)14(22-17)8-11-15-9(2)12(21)6-7-13(15)23-18(11)24/h6-8,22H,5H2,1-4H3,(H,23,24). The second-order valence-electron chi connectivity index (χ2n) is 6.23. The zero-order chi connectivity index (χ0) is 20.6. The van der Waals surface area contributed by atoms with Crippen LogP contribution >= 0.6 is 15.9 Å². The number of halogens is 1. The van der Waals surface area contributed by atoms with E-state index in [0.29, 0.717) is 22.5 Å². The van der Waals surface area contributed by atoms with Crippen molar-refractivity contribution in [2.75, 3.05) is 19.0 Å². The maximum atomic E-state index is 12.6. The van der Waals surface area contributed by atoms with Gasteiger partial charge in [-0.15, -0.1) is 0 Å². The monoisotopic (exact) mass is 446 g/mol. The zero-order valence-electron chi connectivity index (χ0n) is 15.9. The molecule has 7 nitrogen and oxygen atoms in total. The van der Waals surface area contributed by atoms with E-state index in [2.05, 4.69) is 26.2 Å². The summed E-state index contributed by atoms with van der Waals surface area (Å²) >= 11 is 3.47. The minimum Gasteiger partial charge on any atom is -0.465 e. The summed E-state index contributed by atoms with van der Waals surface area (Å²) in [5, 5.41) is 2.81. The van der Waals surface area contributed by atoms with Gasteiger partial charge in [0.15, 0.2) is 0 Å². The van der Waals surface area contributed by atoms with E-state index in [4.69, 9.17) is 9.47 Å². The SMILES string of the molecule is CCOC(=O)c1[nH]c(C=C2C(=O)Nc3ccc(Br)c(C)c32)c(C(=O)OC)c1C. The molecule has 1 aromatic heterocycles. The molecule has 2 aromatic rings. The average molecular weight is 447 g/mol. The Bertz CT molecular complexity index is 1040. The predicted molar refractivity (Wildman–Crippen MR) is 108 cm³/mol. The Morgan fingerprint density at radius 2 is 1.89 bits per heavy atom. The Kier molecular flexibility index (Phi) is 5.42. The molecule has 2 heterocycles. The fourth-order valence-electron chi connectivity index (χ4n) is 3.22. The number of nitrogens with one attached hydrogen (secondary N) is 2. The molecule has 0 radical (unpaired) electrons. The van der Waals surface area contributed by atoms with Crippen molar-refractivity contribution in [1.29, 1.82) is 0 Å². The molecule has 0 saturated heterocycles. The fraction of sp³-hybridized carbons (Fsp3) is 0.250. The highest BCUT2D eigenvalue weighted by Crippen LogP contribution is 2.39. The molecule has 0 atom stereocenters. The molecule has 0 fully saturated rings. The summed E-state index contributed by atoms with van der Waals surface area (Å²) in [7, 11) is 1.26. The number of hydrogen-bond donors (Lipinski definition) is 2. The first kappa shape index (κ1) is 19.9. The molecule has 0 saturated carbocycles. The minimum atomic E-state index is -0.610. The van der Waals surface area contributed by atoms with E-state index in [9.17, 15) is 14.4 Å². The van der Waals surface area contributed by atoms with Gasteiger partial charge in [-0.25, -0.2) is 9.59 Å². The van der Waals surface area contributed by atoms with Gasteiger partial charge in [-0.05, 0) is 50.1 Å². The van der Waals surface area contributed by atoms with Crippen molar-refractivity contribution < 1.29 is 23.9 Å². The quantitative estimate of drug-likeness (QED) is 0.548. The lowest BCUT2D eigenvalue weighted by Crippen LogP contribution is -2.08. The molecule has 1 aromatic carbocycles. The zero-order valence-corrected chi connectivity index (χ0v) is 17.4. The van der Waals surface area contributed by atoms with E-state index in [-0.39, 0.29) is 23.8 Å². The van der Waals surface area contributed by atoms with Gasteiger partial charge in [0.05, 0.1) is 30.5 Å². The Morgan fingerprint density at radius 1 is 1.18 bits per heavy atom. The normalized spacial score (nSPS) is 14.0. The molecule has 28 heavy (non-hydrogen) atoms. The Hall–Kier alpha value is -2.87. The molecule has 1 aliphatic heterocycles. The van der Waals surface area contributed by atoms with Crippen LogP contribution in [0.1, 0.15) is 50.2 Å². The van der Waals surface area contributed by atoms with Crippen molar-refractivity contribution in [3.05, 3.63) is 50.2 Å². The summed E-state index contributed by atoms with van der Waals surface area (Å²) in [6, 6.07) is 3.66. The number of hydrogen-bond acceptors (Lipinski definition) is 5. The van der Waals surface area contributed by atoms with E-state index in [1.165, 1.54) is 7.11 Å². The largest absolute Gasteiger partial charge is 0.465 e. The van der Waals surface area contributed by atoms with Crippen molar-refractivity contribution in [3.63, 3.8) is 0 Å². The van der Waals surface area contributed by atoms with Crippen LogP contribution in [0.4, 0.5) is 5.69 Å². The van der Waals surface area contributed by atoms with Gasteiger partial charge in [-0.2, -0.15) is 0 Å². The minimum absolute atomic E-state index is 0.152. The average Bonchev–Trinajstić information content (AvgIpc) is 3.15. The number of ether oxygens (including phenoxy) is 2. The van der Waals surface area contributed by atoms with Gasteiger partial charge in [0.25, 0.3) is 5.91 Å². The summed E-state index contributed by atoms with van der Waals surface area (Å²) in [6.07, 6.45) is 1.56. The van der Waals surface area contributed by atoms with E-state index < -0.39 is 11.9 Å². The van der Waals surface area contributed by atoms with Crippen molar-refractivity contribution in [2.45, 2.75) is 20.8 Å².